The van der Waals surface area contributed by atoms with E-state index in [1.165, 1.54) is 12.1 Å². The number of carbonyl (C=O) groups is 1. The Hall–Kier alpha value is -2.40. The van der Waals surface area contributed by atoms with Crippen LogP contribution in [0.5, 0.6) is 0 Å². The smallest absolute Gasteiger partial charge is 0.748 e. The van der Waals surface area contributed by atoms with E-state index in [1.807, 2.05) is 37.3 Å². The van der Waals surface area contributed by atoms with Crippen molar-refractivity contribution in [1.29, 1.82) is 0 Å². The number of hydrogen-bond acceptors (Lipinski definition) is 10. The minimum atomic E-state index is -4.83. The predicted molar refractivity (Wildman–Crippen MR) is 191 cm³/mol. The van der Waals surface area contributed by atoms with Gasteiger partial charge in [0.2, 0.25) is 5.36 Å². The van der Waals surface area contributed by atoms with Crippen LogP contribution in [-0.2, 0) is 45.3 Å². The number of carboxylic acid groups (broad SMARTS) is 1. The third kappa shape index (κ3) is 10.9. The summed E-state index contributed by atoms with van der Waals surface area (Å²) >= 11 is 0. The number of benzene rings is 2. The fourth-order valence-corrected chi connectivity index (χ4v) is 8.11. The van der Waals surface area contributed by atoms with Crippen LogP contribution in [0, 0.1) is 0 Å². The van der Waals surface area contributed by atoms with Crippen molar-refractivity contribution in [3.8, 4) is 11.3 Å². The van der Waals surface area contributed by atoms with Gasteiger partial charge in [-0.2, -0.15) is 0 Å². The molecule has 4 rings (SSSR count). The van der Waals surface area contributed by atoms with Gasteiger partial charge in [-0.3, -0.25) is 4.79 Å². The molecule has 2 aliphatic carbocycles. The Kier molecular flexibility index (Phi) is 15.1. The van der Waals surface area contributed by atoms with Gasteiger partial charge >= 0.3 is 35.5 Å². The maximum absolute atomic E-state index is 12.1. The van der Waals surface area contributed by atoms with E-state index in [4.69, 9.17) is 13.9 Å². The molecule has 1 aromatic carbocycles. The van der Waals surface area contributed by atoms with E-state index < -0.39 is 48.2 Å². The summed E-state index contributed by atoms with van der Waals surface area (Å²) in [6.07, 6.45) is 2.52. The summed E-state index contributed by atoms with van der Waals surface area (Å²) < 4.78 is 90.7. The molecule has 0 radical (unpaired) electrons. The van der Waals surface area contributed by atoms with Crippen molar-refractivity contribution in [2.45, 2.75) is 81.4 Å². The molecule has 0 bridgehead atoms. The number of nitrogens with zero attached hydrogens (tertiary/aromatic N) is 1. The van der Waals surface area contributed by atoms with Crippen LogP contribution in [0.1, 0.15) is 88.2 Å². The van der Waals surface area contributed by atoms with Gasteiger partial charge in [-0.25, -0.2) is 21.4 Å². The molecule has 52 heavy (non-hydrogen) atoms. The summed E-state index contributed by atoms with van der Waals surface area (Å²) in [5, 5.41) is 10.4. The average molecular weight is 770 g/mol. The molecule has 1 aromatic rings. The number of ether oxygens (including phenoxy) is 2. The van der Waals surface area contributed by atoms with Crippen LogP contribution in [0.4, 0.5) is 0 Å². The number of fused-ring (bicyclic) bond motifs is 2. The molecule has 3 aliphatic rings. The van der Waals surface area contributed by atoms with Crippen LogP contribution in [0.15, 0.2) is 57.4 Å². The van der Waals surface area contributed by atoms with Gasteiger partial charge in [-0.1, -0.05) is 33.8 Å². The van der Waals surface area contributed by atoms with Gasteiger partial charge in [0.25, 0.3) is 0 Å². The van der Waals surface area contributed by atoms with Gasteiger partial charge in [-0.05, 0) is 83.7 Å². The van der Waals surface area contributed by atoms with Crippen molar-refractivity contribution in [2.24, 2.45) is 0 Å². The summed E-state index contributed by atoms with van der Waals surface area (Å²) in [4.78, 5) is 11.2. The number of allylic oxidation sites excluding steroid dienone is 1. The summed E-state index contributed by atoms with van der Waals surface area (Å²) in [5.41, 5.74) is 2.59. The zero-order valence-electron chi connectivity index (χ0n) is 31.1. The minimum Gasteiger partial charge on any atom is -0.748 e. The maximum Gasteiger partial charge on any atom is 1.00 e. The van der Waals surface area contributed by atoms with Crippen molar-refractivity contribution in [2.75, 3.05) is 46.3 Å². The van der Waals surface area contributed by atoms with Crippen molar-refractivity contribution in [3.63, 3.8) is 0 Å². The Morgan fingerprint density at radius 1 is 1.00 bits per heavy atom. The second-order valence-electron chi connectivity index (χ2n) is 14.3. The first-order valence-electron chi connectivity index (χ1n) is 16.9. The average Bonchev–Trinajstić information content (AvgIpc) is 3.25. The van der Waals surface area contributed by atoms with Gasteiger partial charge < -0.3 is 28.1 Å². The quantitative estimate of drug-likeness (QED) is 0.127. The molecule has 12 nitrogen and oxygen atoms in total. The predicted octanol–water partition coefficient (Wildman–Crippen LogP) is 1.67. The van der Waals surface area contributed by atoms with Crippen molar-refractivity contribution >= 4 is 32.3 Å². The molecule has 0 fully saturated rings. The van der Waals surface area contributed by atoms with Crippen LogP contribution in [0.3, 0.4) is 0 Å². The van der Waals surface area contributed by atoms with E-state index in [1.54, 1.807) is 20.3 Å². The molecule has 0 amide bonds. The van der Waals surface area contributed by atoms with Gasteiger partial charge in [0.1, 0.15) is 34.9 Å². The van der Waals surface area contributed by atoms with Crippen LogP contribution in [0.2, 0.25) is 0 Å². The number of hydrogen-bond donors (Lipinski definition) is 1. The molecule has 2 atom stereocenters. The molecule has 0 aromatic heterocycles. The molecular formula is C37H48NNaO11S2. The number of aliphatic carboxylic acids is 1. The van der Waals surface area contributed by atoms with Crippen molar-refractivity contribution in [1.82, 2.24) is 4.58 Å². The van der Waals surface area contributed by atoms with Crippen molar-refractivity contribution < 1.29 is 79.3 Å². The molecule has 1 heterocycles. The summed E-state index contributed by atoms with van der Waals surface area (Å²) in [6, 6.07) is 12.1. The Morgan fingerprint density at radius 2 is 1.65 bits per heavy atom. The second-order valence-corrected chi connectivity index (χ2v) is 17.2. The van der Waals surface area contributed by atoms with Gasteiger partial charge in [0.05, 0.1) is 21.1 Å². The van der Waals surface area contributed by atoms with E-state index in [2.05, 4.69) is 25.3 Å². The first-order valence-corrected chi connectivity index (χ1v) is 19.9. The molecule has 1 N–H and O–H groups in total. The van der Waals surface area contributed by atoms with Gasteiger partial charge in [0, 0.05) is 49.4 Å². The largest absolute Gasteiger partial charge is 1.00 e. The molecule has 0 saturated heterocycles. The normalized spacial score (nSPS) is 18.4. The first-order chi connectivity index (χ1) is 23.8. The molecule has 0 spiro atoms. The van der Waals surface area contributed by atoms with E-state index >= 15 is 0 Å². The van der Waals surface area contributed by atoms with Crippen LogP contribution < -0.4 is 39.5 Å². The number of methoxy groups -OCH3 is 2. The Bertz CT molecular complexity index is 2020. The third-order valence-corrected chi connectivity index (χ3v) is 11.2. The molecule has 2 unspecified atom stereocenters. The standard InChI is InChI=1S/C37H49NO11S2.Na/c1-36(2,3)31-22-26(49-34-21-25(11-13-30(31)34)38(16-18-47-5)17-19-48-6)23-32-28(9-8-20-50(41,42)43)29-14-12-27(51(44,45)46)24-33(29)37(32,4)15-7-10-35(39)40;/h11-14,21-24,28H,7-10,15-20H2,1-6H3,(H2-,39,40,41,42,43,44,45,46);/q;+1/p-1/b32-23-;. The molecular weight excluding hydrogens is 722 g/mol. The summed E-state index contributed by atoms with van der Waals surface area (Å²) in [6.45, 7) is 10.4. The van der Waals surface area contributed by atoms with E-state index in [0.717, 1.165) is 22.1 Å². The zero-order chi connectivity index (χ0) is 37.8. The van der Waals surface area contributed by atoms with Crippen LogP contribution in [0.25, 0.3) is 17.4 Å². The first kappa shape index (κ1) is 44.0. The van der Waals surface area contributed by atoms with E-state index in [9.17, 15) is 35.8 Å². The fourth-order valence-electron chi connectivity index (χ4n) is 7.10. The van der Waals surface area contributed by atoms with E-state index in [0.29, 0.717) is 49.0 Å². The second kappa shape index (κ2) is 17.8. The van der Waals surface area contributed by atoms with Gasteiger partial charge in [0.15, 0.2) is 13.1 Å². The molecule has 15 heteroatoms. The molecule has 1 aliphatic heterocycles. The van der Waals surface area contributed by atoms with Crippen LogP contribution >= 0.6 is 0 Å². The Balaban J connectivity index is 0.00000729. The van der Waals surface area contributed by atoms with E-state index in [-0.39, 0.29) is 67.1 Å². The SMILES string of the molecule is COCC[N+](CCOC)=c1ccc2c(C(C)(C)C)cc(/C=C3/C(CCCS(=O)(=O)[O-])c4ccc(S(=O)(=O)[O-])cc4C3(C)CCCC(=O)O)oc-2c1.[Na+]. The topological polar surface area (TPSA) is 186 Å². The maximum atomic E-state index is 12.1. The summed E-state index contributed by atoms with van der Waals surface area (Å²) in [7, 11) is -6.06. The monoisotopic (exact) mass is 769 g/mol. The summed E-state index contributed by atoms with van der Waals surface area (Å²) in [5.74, 6) is -0.960. The van der Waals surface area contributed by atoms with Crippen molar-refractivity contribution in [3.05, 3.63) is 75.8 Å². The van der Waals surface area contributed by atoms with Gasteiger partial charge in [-0.15, -0.1) is 0 Å². The number of carboxylic acids is 1. The fraction of sp³-hybridized carbons (Fsp3) is 0.514. The Labute approximate surface area is 329 Å². The zero-order valence-corrected chi connectivity index (χ0v) is 34.7. The Morgan fingerprint density at radius 3 is 2.21 bits per heavy atom. The molecule has 280 valence electrons. The molecule has 0 saturated carbocycles. The minimum absolute atomic E-state index is 0. The third-order valence-electron chi connectivity index (χ3n) is 9.62. The van der Waals surface area contributed by atoms with Crippen LogP contribution in [-0.4, -0.2) is 83.3 Å². The number of rotatable bonds is 16.